The number of aliphatic hydroxyl groups is 2. The monoisotopic (exact) mass is 264 g/mol. The lowest BCUT2D eigenvalue weighted by Crippen LogP contribution is -2.15. The van der Waals surface area contributed by atoms with E-state index in [9.17, 15) is 5.11 Å². The lowest BCUT2D eigenvalue weighted by molar-refractivity contribution is 0.113. The van der Waals surface area contributed by atoms with Gasteiger partial charge in [-0.05, 0) is 37.3 Å². The van der Waals surface area contributed by atoms with Gasteiger partial charge in [0.1, 0.15) is 11.1 Å². The minimum absolute atomic E-state index is 0.264. The van der Waals surface area contributed by atoms with Gasteiger partial charge in [0.25, 0.3) is 0 Å². The molecule has 0 spiro atoms. The molecule has 2 rings (SSSR count). The molecule has 0 aliphatic heterocycles. The quantitative estimate of drug-likeness (QED) is 0.801. The summed E-state index contributed by atoms with van der Waals surface area (Å²) in [5.74, 6) is 0.358. The summed E-state index contributed by atoms with van der Waals surface area (Å²) < 4.78 is 0. The van der Waals surface area contributed by atoms with Gasteiger partial charge in [0.05, 0.1) is 18.3 Å². The van der Waals surface area contributed by atoms with Crippen LogP contribution in [0.2, 0.25) is 0 Å². The summed E-state index contributed by atoms with van der Waals surface area (Å²) in [6.45, 7) is -0.264. The Bertz CT molecular complexity index is 471. The summed E-state index contributed by atoms with van der Waals surface area (Å²) in [5, 5.41) is 27.9. The van der Waals surface area contributed by atoms with Crippen LogP contribution in [0.25, 0.3) is 0 Å². The number of nitriles is 1. The first kappa shape index (κ1) is 13.3. The smallest absolute Gasteiger partial charge is 0.114 e. The molecule has 0 amide bonds. The van der Waals surface area contributed by atoms with Crippen molar-refractivity contribution in [2.45, 2.75) is 36.8 Å². The second-order valence-electron chi connectivity index (χ2n) is 4.41. The molecule has 0 saturated heterocycles. The van der Waals surface area contributed by atoms with E-state index in [1.807, 2.05) is 6.07 Å². The topological polar surface area (TPSA) is 77.1 Å². The Morgan fingerprint density at radius 1 is 1.44 bits per heavy atom. The first-order chi connectivity index (χ1) is 8.74. The van der Waals surface area contributed by atoms with Crippen molar-refractivity contribution in [2.75, 3.05) is 12.4 Å². The summed E-state index contributed by atoms with van der Waals surface area (Å²) >= 11 is 1.33. The number of fused-ring (bicyclic) bond motifs is 1. The van der Waals surface area contributed by atoms with E-state index in [4.69, 9.17) is 10.4 Å². The molecule has 18 heavy (non-hydrogen) atoms. The fourth-order valence-electron chi connectivity index (χ4n) is 2.03. The molecule has 0 saturated carbocycles. The molecule has 1 heterocycles. The van der Waals surface area contributed by atoms with E-state index in [0.717, 1.165) is 31.4 Å². The highest BCUT2D eigenvalue weighted by molar-refractivity contribution is 7.99. The Hall–Kier alpha value is -1.09. The van der Waals surface area contributed by atoms with Crippen molar-refractivity contribution in [3.8, 4) is 6.07 Å². The summed E-state index contributed by atoms with van der Waals surface area (Å²) in [6, 6.07) is 4.09. The summed E-state index contributed by atoms with van der Waals surface area (Å²) in [7, 11) is 0. The highest BCUT2D eigenvalue weighted by atomic mass is 32.2. The minimum Gasteiger partial charge on any atom is -0.394 e. The molecule has 0 bridgehead atoms. The number of rotatable bonds is 4. The fraction of sp³-hybridized carbons (Fsp3) is 0.538. The molecule has 2 N–H and O–H groups in total. The van der Waals surface area contributed by atoms with Crippen LogP contribution in [0.1, 0.15) is 29.7 Å². The number of nitrogens with zero attached hydrogens (tertiary/aromatic N) is 2. The van der Waals surface area contributed by atoms with Crippen LogP contribution >= 0.6 is 11.8 Å². The predicted octanol–water partition coefficient (Wildman–Crippen LogP) is 1.28. The molecule has 1 unspecified atom stereocenters. The number of pyridine rings is 1. The van der Waals surface area contributed by atoms with E-state index in [1.165, 1.54) is 17.3 Å². The number of aromatic nitrogens is 1. The van der Waals surface area contributed by atoms with E-state index in [2.05, 4.69) is 11.1 Å². The van der Waals surface area contributed by atoms with E-state index in [-0.39, 0.29) is 6.61 Å². The molecule has 0 radical (unpaired) electrons. The van der Waals surface area contributed by atoms with E-state index >= 15 is 0 Å². The number of hydrogen-bond donors (Lipinski definition) is 2. The molecule has 0 fully saturated rings. The molecule has 1 aromatic rings. The van der Waals surface area contributed by atoms with Crippen LogP contribution in [-0.2, 0) is 12.8 Å². The molecular formula is C13H16N2O2S. The number of hydrogen-bond acceptors (Lipinski definition) is 5. The maximum atomic E-state index is 9.34. The first-order valence-electron chi connectivity index (χ1n) is 6.09. The van der Waals surface area contributed by atoms with Crippen LogP contribution < -0.4 is 0 Å². The van der Waals surface area contributed by atoms with Gasteiger partial charge >= 0.3 is 0 Å². The number of aliphatic hydroxyl groups excluding tert-OH is 2. The lowest BCUT2D eigenvalue weighted by atomic mass is 9.95. The van der Waals surface area contributed by atoms with Crippen molar-refractivity contribution in [2.24, 2.45) is 0 Å². The van der Waals surface area contributed by atoms with Crippen LogP contribution in [0.15, 0.2) is 11.1 Å². The van der Waals surface area contributed by atoms with Crippen molar-refractivity contribution in [3.63, 3.8) is 0 Å². The third-order valence-corrected chi connectivity index (χ3v) is 4.15. The van der Waals surface area contributed by atoms with Crippen molar-refractivity contribution in [1.82, 2.24) is 4.98 Å². The van der Waals surface area contributed by atoms with E-state index in [0.29, 0.717) is 16.3 Å². The SMILES string of the molecule is N#Cc1cc2c(nc1SCC(O)CO)CCCC2. The van der Waals surface area contributed by atoms with E-state index < -0.39 is 6.10 Å². The van der Waals surface area contributed by atoms with Gasteiger partial charge in [-0.15, -0.1) is 11.8 Å². The first-order valence-corrected chi connectivity index (χ1v) is 7.07. The highest BCUT2D eigenvalue weighted by Crippen LogP contribution is 2.27. The van der Waals surface area contributed by atoms with Gasteiger partial charge in [-0.3, -0.25) is 0 Å². The zero-order valence-corrected chi connectivity index (χ0v) is 10.9. The van der Waals surface area contributed by atoms with Gasteiger partial charge in [0.15, 0.2) is 0 Å². The third-order valence-electron chi connectivity index (χ3n) is 3.01. The molecule has 1 aliphatic carbocycles. The van der Waals surface area contributed by atoms with Crippen molar-refractivity contribution in [1.29, 1.82) is 5.26 Å². The van der Waals surface area contributed by atoms with Crippen LogP contribution in [0.5, 0.6) is 0 Å². The Kier molecular flexibility index (Phi) is 4.59. The lowest BCUT2D eigenvalue weighted by Gasteiger charge is -2.16. The Morgan fingerprint density at radius 3 is 2.94 bits per heavy atom. The van der Waals surface area contributed by atoms with Crippen LogP contribution in [-0.4, -0.2) is 33.7 Å². The second-order valence-corrected chi connectivity index (χ2v) is 5.42. The highest BCUT2D eigenvalue weighted by Gasteiger charge is 2.16. The van der Waals surface area contributed by atoms with Gasteiger partial charge in [0, 0.05) is 11.4 Å². The average molecular weight is 264 g/mol. The maximum absolute atomic E-state index is 9.34. The molecule has 96 valence electrons. The Balaban J connectivity index is 2.20. The maximum Gasteiger partial charge on any atom is 0.114 e. The molecule has 5 heteroatoms. The third kappa shape index (κ3) is 3.02. The van der Waals surface area contributed by atoms with Gasteiger partial charge in [-0.2, -0.15) is 5.26 Å². The second kappa shape index (κ2) is 6.19. The van der Waals surface area contributed by atoms with Gasteiger partial charge in [-0.1, -0.05) is 0 Å². The summed E-state index contributed by atoms with van der Waals surface area (Å²) in [4.78, 5) is 4.54. The van der Waals surface area contributed by atoms with Crippen LogP contribution in [0.4, 0.5) is 0 Å². The molecule has 1 aromatic heterocycles. The van der Waals surface area contributed by atoms with E-state index in [1.54, 1.807) is 0 Å². The van der Waals surface area contributed by atoms with Gasteiger partial charge in [0.2, 0.25) is 0 Å². The zero-order chi connectivity index (χ0) is 13.0. The Labute approximate surface area is 111 Å². The molecule has 1 aliphatic rings. The number of aryl methyl sites for hydroxylation is 2. The standard InChI is InChI=1S/C13H16N2O2S/c14-6-10-5-9-3-1-2-4-12(9)15-13(10)18-8-11(17)7-16/h5,11,16-17H,1-4,7-8H2. The van der Waals surface area contributed by atoms with Crippen molar-refractivity contribution in [3.05, 3.63) is 22.9 Å². The summed E-state index contributed by atoms with van der Waals surface area (Å²) in [6.07, 6.45) is 3.52. The fourth-order valence-corrected chi connectivity index (χ4v) is 2.92. The Morgan fingerprint density at radius 2 is 2.22 bits per heavy atom. The summed E-state index contributed by atoms with van der Waals surface area (Å²) in [5.41, 5.74) is 2.84. The van der Waals surface area contributed by atoms with Crippen LogP contribution in [0.3, 0.4) is 0 Å². The van der Waals surface area contributed by atoms with Gasteiger partial charge < -0.3 is 10.2 Å². The predicted molar refractivity (Wildman–Crippen MR) is 69.4 cm³/mol. The average Bonchev–Trinajstić information content (AvgIpc) is 2.43. The minimum atomic E-state index is -0.764. The normalized spacial score (nSPS) is 15.8. The number of thioether (sulfide) groups is 1. The molecule has 4 nitrogen and oxygen atoms in total. The zero-order valence-electron chi connectivity index (χ0n) is 10.1. The van der Waals surface area contributed by atoms with Gasteiger partial charge in [-0.25, -0.2) is 4.98 Å². The largest absolute Gasteiger partial charge is 0.394 e. The van der Waals surface area contributed by atoms with Crippen LogP contribution in [0, 0.1) is 11.3 Å². The molecule has 0 aromatic carbocycles. The van der Waals surface area contributed by atoms with Crippen molar-refractivity contribution >= 4 is 11.8 Å². The van der Waals surface area contributed by atoms with Crippen molar-refractivity contribution < 1.29 is 10.2 Å². The molecular weight excluding hydrogens is 248 g/mol. The molecule has 1 atom stereocenters.